The van der Waals surface area contributed by atoms with Gasteiger partial charge in [-0.05, 0) is 0 Å². The van der Waals surface area contributed by atoms with Gasteiger partial charge in [-0.15, -0.1) is 0 Å². The fourth-order valence-electron chi connectivity index (χ4n) is 1.40. The van der Waals surface area contributed by atoms with Crippen molar-refractivity contribution in [2.75, 3.05) is 5.75 Å². The first-order chi connectivity index (χ1) is 10.8. The lowest BCUT2D eigenvalue weighted by molar-refractivity contribution is -0.339. The van der Waals surface area contributed by atoms with E-state index >= 15 is 0 Å². The molecule has 0 aliphatic rings. The molecule has 25 heavy (non-hydrogen) atoms. The Balaban J connectivity index is 5.60. The molecule has 3 nitrogen and oxygen atoms in total. The van der Waals surface area contributed by atoms with Crippen molar-refractivity contribution in [2.24, 2.45) is 0 Å². The lowest BCUT2D eigenvalue weighted by Crippen LogP contribution is -2.58. The third-order valence-corrected chi connectivity index (χ3v) is 4.75. The zero-order valence-corrected chi connectivity index (χ0v) is 12.4. The molecule has 1 unspecified atom stereocenters. The Kier molecular flexibility index (Phi) is 6.74. The highest BCUT2D eigenvalue weighted by atomic mass is 32.2. The van der Waals surface area contributed by atoms with E-state index in [1.165, 1.54) is 0 Å². The predicted molar refractivity (Wildman–Crippen MR) is 59.3 cm³/mol. The summed E-state index contributed by atoms with van der Waals surface area (Å²) in [6, 6.07) is 0.486. The molecule has 15 heteroatoms. The minimum atomic E-state index is -6.76. The van der Waals surface area contributed by atoms with Crippen LogP contribution in [0.25, 0.3) is 0 Å². The zero-order chi connectivity index (χ0) is 20.5. The van der Waals surface area contributed by atoms with E-state index in [9.17, 15) is 56.7 Å². The standard InChI is InChI=1S/C10H8F11NO2S/c11-6(12)9(18,19)10(20,21)7(13,14)3-5(4-22)25(23,24)2-1-8(15,16)17/h5-6H,1-3H2. The summed E-state index contributed by atoms with van der Waals surface area (Å²) < 4.78 is 160. The van der Waals surface area contributed by atoms with Gasteiger partial charge in [-0.2, -0.15) is 44.8 Å². The van der Waals surface area contributed by atoms with Gasteiger partial charge in [0, 0.05) is 6.42 Å². The van der Waals surface area contributed by atoms with Crippen molar-refractivity contribution >= 4 is 9.84 Å². The highest BCUT2D eigenvalue weighted by Gasteiger charge is 2.75. The van der Waals surface area contributed by atoms with Crippen LogP contribution in [0.5, 0.6) is 0 Å². The maximum atomic E-state index is 13.3. The van der Waals surface area contributed by atoms with Crippen molar-refractivity contribution in [2.45, 2.75) is 48.5 Å². The van der Waals surface area contributed by atoms with Crippen molar-refractivity contribution < 1.29 is 56.7 Å². The molecular formula is C10H8F11NO2S. The summed E-state index contributed by atoms with van der Waals surface area (Å²) >= 11 is 0. The van der Waals surface area contributed by atoms with Crippen LogP contribution in [0.3, 0.4) is 0 Å². The second kappa shape index (κ2) is 7.12. The number of nitrogens with zero attached hydrogens (tertiary/aromatic N) is 1. The molecule has 0 aromatic heterocycles. The average Bonchev–Trinajstić information content (AvgIpc) is 2.41. The SMILES string of the molecule is N#CC(CC(F)(F)C(F)(F)C(F)(F)C(F)F)S(=O)(=O)CCC(F)(F)F. The summed E-state index contributed by atoms with van der Waals surface area (Å²) in [5.74, 6) is -21.4. The van der Waals surface area contributed by atoms with Crippen molar-refractivity contribution in [3.05, 3.63) is 0 Å². The van der Waals surface area contributed by atoms with E-state index in [0.717, 1.165) is 0 Å². The third kappa shape index (κ3) is 5.32. The average molecular weight is 415 g/mol. The molecule has 0 saturated heterocycles. The first-order valence-corrected chi connectivity index (χ1v) is 7.63. The zero-order valence-electron chi connectivity index (χ0n) is 11.6. The summed E-state index contributed by atoms with van der Waals surface area (Å²) in [6.07, 6.45) is -15.4. The van der Waals surface area contributed by atoms with Crippen LogP contribution in [0.1, 0.15) is 12.8 Å². The fourth-order valence-corrected chi connectivity index (χ4v) is 2.82. The van der Waals surface area contributed by atoms with Crippen LogP contribution in [0, 0.1) is 11.3 Å². The van der Waals surface area contributed by atoms with Crippen LogP contribution < -0.4 is 0 Å². The number of nitriles is 1. The molecule has 0 aliphatic heterocycles. The minimum absolute atomic E-state index is 0.486. The van der Waals surface area contributed by atoms with Gasteiger partial charge in [0.1, 0.15) is 0 Å². The van der Waals surface area contributed by atoms with Gasteiger partial charge >= 0.3 is 30.4 Å². The van der Waals surface area contributed by atoms with E-state index in [1.54, 1.807) is 0 Å². The summed E-state index contributed by atoms with van der Waals surface area (Å²) in [7, 11) is -5.39. The third-order valence-electron chi connectivity index (χ3n) is 2.84. The largest absolute Gasteiger partial charge is 0.390 e. The van der Waals surface area contributed by atoms with Crippen molar-refractivity contribution in [3.63, 3.8) is 0 Å². The van der Waals surface area contributed by atoms with Crippen LogP contribution >= 0.6 is 0 Å². The highest BCUT2D eigenvalue weighted by Crippen LogP contribution is 2.50. The number of hydrogen-bond acceptors (Lipinski definition) is 3. The maximum absolute atomic E-state index is 13.3. The molecule has 0 fully saturated rings. The second-order valence-corrected chi connectivity index (χ2v) is 7.06. The van der Waals surface area contributed by atoms with E-state index in [2.05, 4.69) is 0 Å². The molecule has 0 heterocycles. The molecule has 1 atom stereocenters. The van der Waals surface area contributed by atoms with E-state index in [1.807, 2.05) is 0 Å². The Morgan fingerprint density at radius 1 is 0.920 bits per heavy atom. The van der Waals surface area contributed by atoms with E-state index in [0.29, 0.717) is 6.07 Å². The van der Waals surface area contributed by atoms with Gasteiger partial charge < -0.3 is 0 Å². The van der Waals surface area contributed by atoms with Gasteiger partial charge in [0.05, 0.1) is 18.2 Å². The van der Waals surface area contributed by atoms with Gasteiger partial charge in [-0.3, -0.25) is 0 Å². The molecule has 0 aliphatic carbocycles. The lowest BCUT2D eigenvalue weighted by Gasteiger charge is -2.33. The molecular weight excluding hydrogens is 407 g/mol. The minimum Gasteiger partial charge on any atom is -0.227 e. The number of alkyl halides is 11. The van der Waals surface area contributed by atoms with Crippen molar-refractivity contribution in [1.29, 1.82) is 5.26 Å². The smallest absolute Gasteiger partial charge is 0.227 e. The number of rotatable bonds is 8. The second-order valence-electron chi connectivity index (χ2n) is 4.76. The summed E-state index contributed by atoms with van der Waals surface area (Å²) in [5, 5.41) is 5.16. The molecule has 0 saturated carbocycles. The lowest BCUT2D eigenvalue weighted by atomic mass is 10.0. The molecule has 0 aromatic rings. The molecule has 0 N–H and O–H groups in total. The molecule has 0 bridgehead atoms. The van der Waals surface area contributed by atoms with E-state index in [-0.39, 0.29) is 0 Å². The predicted octanol–water partition coefficient (Wildman–Crippen LogP) is 3.81. The maximum Gasteiger partial charge on any atom is 0.390 e. The Labute approximate surface area is 133 Å². The van der Waals surface area contributed by atoms with Gasteiger partial charge in [0.15, 0.2) is 15.1 Å². The fraction of sp³-hybridized carbons (Fsp3) is 0.900. The van der Waals surface area contributed by atoms with Gasteiger partial charge in [-0.25, -0.2) is 17.2 Å². The molecule has 0 aromatic carbocycles. The van der Waals surface area contributed by atoms with Crippen LogP contribution in [0.4, 0.5) is 48.3 Å². The summed E-state index contributed by atoms with van der Waals surface area (Å²) in [5.41, 5.74) is 0. The Hall–Kier alpha value is -1.33. The van der Waals surface area contributed by atoms with Crippen LogP contribution in [0.2, 0.25) is 0 Å². The van der Waals surface area contributed by atoms with Crippen molar-refractivity contribution in [1.82, 2.24) is 0 Å². The van der Waals surface area contributed by atoms with Gasteiger partial charge in [0.2, 0.25) is 0 Å². The quantitative estimate of drug-likeness (QED) is 0.567. The molecule has 0 radical (unpaired) electrons. The van der Waals surface area contributed by atoms with E-state index < -0.39 is 64.1 Å². The van der Waals surface area contributed by atoms with Crippen molar-refractivity contribution in [3.8, 4) is 6.07 Å². The van der Waals surface area contributed by atoms with Crippen LogP contribution in [0.15, 0.2) is 0 Å². The Morgan fingerprint density at radius 3 is 1.68 bits per heavy atom. The van der Waals surface area contributed by atoms with Crippen LogP contribution in [-0.4, -0.2) is 49.8 Å². The molecule has 148 valence electrons. The number of hydrogen-bond donors (Lipinski definition) is 0. The monoisotopic (exact) mass is 415 g/mol. The molecule has 0 rings (SSSR count). The number of sulfone groups is 1. The van der Waals surface area contributed by atoms with Gasteiger partial charge in [-0.1, -0.05) is 0 Å². The Bertz CT molecular complexity index is 605. The molecule has 0 amide bonds. The Morgan fingerprint density at radius 2 is 1.36 bits per heavy atom. The van der Waals surface area contributed by atoms with Gasteiger partial charge in [0.25, 0.3) is 0 Å². The first kappa shape index (κ1) is 23.7. The normalized spacial score (nSPS) is 16.0. The van der Waals surface area contributed by atoms with E-state index in [4.69, 9.17) is 5.26 Å². The topological polar surface area (TPSA) is 57.9 Å². The van der Waals surface area contributed by atoms with Crippen LogP contribution in [-0.2, 0) is 9.84 Å². The molecule has 0 spiro atoms. The summed E-state index contributed by atoms with van der Waals surface area (Å²) in [6.45, 7) is 0. The summed E-state index contributed by atoms with van der Waals surface area (Å²) in [4.78, 5) is 0. The first-order valence-electron chi connectivity index (χ1n) is 5.91. The number of halogens is 11. The highest BCUT2D eigenvalue weighted by molar-refractivity contribution is 7.92.